The average Bonchev–Trinajstić information content (AvgIpc) is 2.48. The van der Waals surface area contributed by atoms with Gasteiger partial charge in [-0.2, -0.15) is 0 Å². The Morgan fingerprint density at radius 3 is 2.25 bits per heavy atom. The first-order valence-corrected chi connectivity index (χ1v) is 6.05. The number of hydrogen-bond acceptors (Lipinski definition) is 2. The summed E-state index contributed by atoms with van der Waals surface area (Å²) in [6.07, 6.45) is 3.04. The molecule has 0 saturated heterocycles. The largest absolute Gasteiger partial charge is 0.326 e. The van der Waals surface area contributed by atoms with Gasteiger partial charge < -0.3 is 4.57 Å². The minimum absolute atomic E-state index is 0.992. The van der Waals surface area contributed by atoms with Gasteiger partial charge in [-0.25, -0.2) is 4.98 Å². The Hall–Kier alpha value is -1.22. The van der Waals surface area contributed by atoms with Gasteiger partial charge in [-0.3, -0.25) is 0 Å². The number of hydrogen-bond donors (Lipinski definition) is 0. The molecule has 0 aliphatic carbocycles. The molecule has 2 rings (SSSR count). The zero-order chi connectivity index (χ0) is 11.7. The van der Waals surface area contributed by atoms with Crippen LogP contribution < -0.4 is 0 Å². The Bertz CT molecular complexity index is 494. The lowest BCUT2D eigenvalue weighted by atomic mass is 10.2. The molecule has 1 aromatic heterocycles. The minimum Gasteiger partial charge on any atom is -0.326 e. The van der Waals surface area contributed by atoms with Crippen LogP contribution >= 0.6 is 11.8 Å². The summed E-state index contributed by atoms with van der Waals surface area (Å²) in [5.41, 5.74) is 2.59. The van der Waals surface area contributed by atoms with Gasteiger partial charge in [0.15, 0.2) is 0 Å². The molecule has 0 atom stereocenters. The molecular weight excluding hydrogens is 216 g/mol. The van der Waals surface area contributed by atoms with Gasteiger partial charge >= 0.3 is 0 Å². The maximum Gasteiger partial charge on any atom is 0.124 e. The fourth-order valence-corrected chi connectivity index (χ4v) is 2.69. The second-order valence-corrected chi connectivity index (χ2v) is 5.12. The third-order valence-electron chi connectivity index (χ3n) is 2.51. The van der Waals surface area contributed by atoms with Crippen LogP contribution in [0.25, 0.3) is 0 Å². The van der Waals surface area contributed by atoms with Crippen LogP contribution in [0, 0.1) is 27.0 Å². The molecule has 0 N–H and O–H groups in total. The molecule has 0 fully saturated rings. The standard InChI is InChI=1S/C13H15N2S/c1-9-5-10(2)7-12(6-9)16-13-8-14-11(3)15(13)4/h5-7H,1-4H3. The molecule has 0 aliphatic heterocycles. The molecule has 1 aromatic carbocycles. The second kappa shape index (κ2) is 4.34. The zero-order valence-electron chi connectivity index (χ0n) is 10.0. The molecule has 2 aromatic rings. The fourth-order valence-electron chi connectivity index (χ4n) is 1.62. The first-order valence-electron chi connectivity index (χ1n) is 5.23. The SMILES string of the molecule is Cc1cc(C)cc(Sc2[c]nc(C)n2C)c1. The van der Waals surface area contributed by atoms with Crippen molar-refractivity contribution in [3.63, 3.8) is 0 Å². The number of nitrogens with zero attached hydrogens (tertiary/aromatic N) is 2. The number of aromatic nitrogens is 2. The van der Waals surface area contributed by atoms with Crippen molar-refractivity contribution in [3.05, 3.63) is 41.3 Å². The third-order valence-corrected chi connectivity index (χ3v) is 3.54. The number of imidazole rings is 1. The van der Waals surface area contributed by atoms with E-state index >= 15 is 0 Å². The predicted molar refractivity (Wildman–Crippen MR) is 66.8 cm³/mol. The van der Waals surface area contributed by atoms with Crippen molar-refractivity contribution in [2.24, 2.45) is 7.05 Å². The van der Waals surface area contributed by atoms with Crippen LogP contribution in [0.15, 0.2) is 28.1 Å². The van der Waals surface area contributed by atoms with Gasteiger partial charge in [-0.1, -0.05) is 17.8 Å². The van der Waals surface area contributed by atoms with Crippen LogP contribution in [0.4, 0.5) is 0 Å². The van der Waals surface area contributed by atoms with Crippen LogP contribution in [0.2, 0.25) is 0 Å². The van der Waals surface area contributed by atoms with Crippen molar-refractivity contribution in [1.29, 1.82) is 0 Å². The van der Waals surface area contributed by atoms with Gasteiger partial charge in [0.2, 0.25) is 0 Å². The lowest BCUT2D eigenvalue weighted by molar-refractivity contribution is 0.784. The Kier molecular flexibility index (Phi) is 3.06. The lowest BCUT2D eigenvalue weighted by Gasteiger charge is -2.05. The molecule has 0 aliphatic rings. The first-order chi connectivity index (χ1) is 7.56. The van der Waals surface area contributed by atoms with Crippen molar-refractivity contribution in [3.8, 4) is 0 Å². The molecule has 0 unspecified atom stereocenters. The van der Waals surface area contributed by atoms with Gasteiger partial charge in [0, 0.05) is 11.9 Å². The van der Waals surface area contributed by atoms with Crippen LogP contribution in [0.5, 0.6) is 0 Å². The van der Waals surface area contributed by atoms with E-state index in [-0.39, 0.29) is 0 Å². The molecule has 0 bridgehead atoms. The van der Waals surface area contributed by atoms with E-state index in [1.54, 1.807) is 11.8 Å². The summed E-state index contributed by atoms with van der Waals surface area (Å²) in [6, 6.07) is 6.56. The summed E-state index contributed by atoms with van der Waals surface area (Å²) in [4.78, 5) is 5.42. The maximum atomic E-state index is 4.17. The minimum atomic E-state index is 0.992. The van der Waals surface area contributed by atoms with Gasteiger partial charge in [-0.15, -0.1) is 0 Å². The number of benzene rings is 1. The maximum absolute atomic E-state index is 4.17. The van der Waals surface area contributed by atoms with E-state index in [1.165, 1.54) is 16.0 Å². The van der Waals surface area contributed by atoms with Crippen LogP contribution in [-0.2, 0) is 7.05 Å². The van der Waals surface area contributed by atoms with E-state index in [0.29, 0.717) is 0 Å². The van der Waals surface area contributed by atoms with Crippen molar-refractivity contribution < 1.29 is 0 Å². The molecule has 0 saturated carbocycles. The molecule has 1 radical (unpaired) electrons. The highest BCUT2D eigenvalue weighted by atomic mass is 32.2. The fraction of sp³-hybridized carbons (Fsp3) is 0.308. The summed E-state index contributed by atoms with van der Waals surface area (Å²) in [7, 11) is 2.02. The van der Waals surface area contributed by atoms with E-state index < -0.39 is 0 Å². The summed E-state index contributed by atoms with van der Waals surface area (Å²) in [5.74, 6) is 0.992. The molecule has 83 valence electrons. The van der Waals surface area contributed by atoms with Crippen molar-refractivity contribution in [1.82, 2.24) is 9.55 Å². The summed E-state index contributed by atoms with van der Waals surface area (Å²) in [6.45, 7) is 6.23. The number of aryl methyl sites for hydroxylation is 3. The Balaban J connectivity index is 2.30. The summed E-state index contributed by atoms with van der Waals surface area (Å²) >= 11 is 1.71. The molecule has 1 heterocycles. The Morgan fingerprint density at radius 1 is 1.12 bits per heavy atom. The Morgan fingerprint density at radius 2 is 1.75 bits per heavy atom. The van der Waals surface area contributed by atoms with E-state index in [2.05, 4.69) is 47.8 Å². The van der Waals surface area contributed by atoms with Crippen LogP contribution in [0.3, 0.4) is 0 Å². The topological polar surface area (TPSA) is 17.8 Å². The third kappa shape index (κ3) is 2.30. The quantitative estimate of drug-likeness (QED) is 0.789. The first kappa shape index (κ1) is 11.3. The van der Waals surface area contributed by atoms with Gasteiger partial charge in [0.05, 0.1) is 0 Å². The highest BCUT2D eigenvalue weighted by Gasteiger charge is 2.06. The molecule has 2 nitrogen and oxygen atoms in total. The normalized spacial score (nSPS) is 10.8. The van der Waals surface area contributed by atoms with Gasteiger partial charge in [0.1, 0.15) is 17.0 Å². The highest BCUT2D eigenvalue weighted by Crippen LogP contribution is 2.28. The van der Waals surface area contributed by atoms with Crippen molar-refractivity contribution in [2.45, 2.75) is 30.7 Å². The molecule has 0 amide bonds. The molecule has 3 heteroatoms. The van der Waals surface area contributed by atoms with E-state index in [4.69, 9.17) is 0 Å². The van der Waals surface area contributed by atoms with E-state index in [1.807, 2.05) is 14.0 Å². The second-order valence-electron chi connectivity index (χ2n) is 4.06. The monoisotopic (exact) mass is 231 g/mol. The average molecular weight is 231 g/mol. The van der Waals surface area contributed by atoms with Gasteiger partial charge in [-0.05, 0) is 44.0 Å². The molecule has 0 spiro atoms. The predicted octanol–water partition coefficient (Wildman–Crippen LogP) is 3.30. The van der Waals surface area contributed by atoms with Gasteiger partial charge in [0.25, 0.3) is 0 Å². The molecular formula is C13H15N2S. The van der Waals surface area contributed by atoms with Crippen molar-refractivity contribution in [2.75, 3.05) is 0 Å². The van der Waals surface area contributed by atoms with Crippen LogP contribution in [-0.4, -0.2) is 9.55 Å². The molecule has 16 heavy (non-hydrogen) atoms. The van der Waals surface area contributed by atoms with E-state index in [0.717, 1.165) is 10.9 Å². The highest BCUT2D eigenvalue weighted by molar-refractivity contribution is 7.99. The Labute approximate surface area is 101 Å². The summed E-state index contributed by atoms with van der Waals surface area (Å²) < 4.78 is 2.06. The van der Waals surface area contributed by atoms with Crippen molar-refractivity contribution >= 4 is 11.8 Å². The zero-order valence-corrected chi connectivity index (χ0v) is 10.9. The smallest absolute Gasteiger partial charge is 0.124 e. The summed E-state index contributed by atoms with van der Waals surface area (Å²) in [5, 5.41) is 1.06. The van der Waals surface area contributed by atoms with Crippen LogP contribution in [0.1, 0.15) is 17.0 Å². The van der Waals surface area contributed by atoms with E-state index in [9.17, 15) is 0 Å². The number of rotatable bonds is 2. The lowest BCUT2D eigenvalue weighted by Crippen LogP contribution is -1.92.